The molecule has 6 nitrogen and oxygen atoms in total. The van der Waals surface area contributed by atoms with Gasteiger partial charge in [-0.3, -0.25) is 0 Å². The summed E-state index contributed by atoms with van der Waals surface area (Å²) in [5.41, 5.74) is 1.62. The van der Waals surface area contributed by atoms with Gasteiger partial charge < -0.3 is 4.52 Å². The fourth-order valence-electron chi connectivity index (χ4n) is 1.77. The van der Waals surface area contributed by atoms with Crippen molar-refractivity contribution in [2.45, 2.75) is 4.90 Å². The quantitative estimate of drug-likeness (QED) is 0.764. The molecule has 2 heterocycles. The monoisotopic (exact) mass is 275 g/mol. The Bertz CT molecular complexity index is 841. The van der Waals surface area contributed by atoms with Crippen LogP contribution in [0.15, 0.2) is 52.0 Å². The summed E-state index contributed by atoms with van der Waals surface area (Å²) in [6.07, 6.45) is 1.15. The molecule has 96 valence electrons. The first kappa shape index (κ1) is 11.8. The van der Waals surface area contributed by atoms with Gasteiger partial charge in [-0.05, 0) is 6.07 Å². The molecule has 0 saturated carbocycles. The number of fused-ring (bicyclic) bond motifs is 1. The third-order valence-corrected chi connectivity index (χ3v) is 3.56. The molecule has 0 atom stereocenters. The van der Waals surface area contributed by atoms with Crippen molar-refractivity contribution in [2.24, 2.45) is 5.14 Å². The van der Waals surface area contributed by atoms with E-state index in [1.807, 2.05) is 30.3 Å². The lowest BCUT2D eigenvalue weighted by Gasteiger charge is -1.98. The van der Waals surface area contributed by atoms with Crippen LogP contribution in [-0.2, 0) is 10.0 Å². The summed E-state index contributed by atoms with van der Waals surface area (Å²) in [4.78, 5) is 3.84. The Hall–Kier alpha value is -2.25. The smallest absolute Gasteiger partial charge is 0.258 e. The zero-order valence-corrected chi connectivity index (χ0v) is 10.5. The average Bonchev–Trinajstić information content (AvgIpc) is 2.81. The minimum Gasteiger partial charge on any atom is -0.335 e. The molecule has 19 heavy (non-hydrogen) atoms. The number of pyridine rings is 1. The van der Waals surface area contributed by atoms with Crippen molar-refractivity contribution in [3.05, 3.63) is 42.6 Å². The van der Waals surface area contributed by atoms with Crippen LogP contribution >= 0.6 is 0 Å². The fraction of sp³-hybridized carbons (Fsp3) is 0. The number of hydrogen-bond donors (Lipinski definition) is 1. The number of sulfonamides is 1. The number of primary sulfonamides is 1. The minimum absolute atomic E-state index is 0.0691. The molecular weight excluding hydrogens is 266 g/mol. The maximum Gasteiger partial charge on any atom is 0.258 e. The normalized spacial score (nSPS) is 11.8. The maximum atomic E-state index is 11.3. The molecule has 0 bridgehead atoms. The lowest BCUT2D eigenvalue weighted by Crippen LogP contribution is -2.12. The van der Waals surface area contributed by atoms with E-state index in [2.05, 4.69) is 10.1 Å². The number of aromatic nitrogens is 2. The molecule has 2 aromatic heterocycles. The molecule has 7 heteroatoms. The lowest BCUT2D eigenvalue weighted by atomic mass is 10.1. The molecular formula is C12H9N3O3S. The number of nitrogens with two attached hydrogens (primary N) is 1. The van der Waals surface area contributed by atoms with E-state index in [1.54, 1.807) is 0 Å². The second-order valence-corrected chi connectivity index (χ2v) is 5.53. The van der Waals surface area contributed by atoms with Crippen LogP contribution in [0.5, 0.6) is 0 Å². The number of rotatable bonds is 2. The van der Waals surface area contributed by atoms with Crippen molar-refractivity contribution in [1.82, 2.24) is 10.1 Å². The summed E-state index contributed by atoms with van der Waals surface area (Å²) >= 11 is 0. The van der Waals surface area contributed by atoms with E-state index in [0.717, 1.165) is 11.8 Å². The molecule has 0 radical (unpaired) electrons. The maximum absolute atomic E-state index is 11.3. The Morgan fingerprint density at radius 1 is 1.16 bits per heavy atom. The summed E-state index contributed by atoms with van der Waals surface area (Å²) in [5.74, 6) is 0. The van der Waals surface area contributed by atoms with Gasteiger partial charge in [0.25, 0.3) is 5.71 Å². The molecule has 1 aromatic carbocycles. The third kappa shape index (κ3) is 2.09. The molecule has 0 fully saturated rings. The van der Waals surface area contributed by atoms with Crippen LogP contribution in [0.1, 0.15) is 0 Å². The first-order valence-corrected chi connectivity index (χ1v) is 6.94. The topological polar surface area (TPSA) is 99.1 Å². The molecule has 0 aliphatic rings. The Morgan fingerprint density at radius 2 is 1.89 bits per heavy atom. The molecule has 0 saturated heterocycles. The molecule has 3 aromatic rings. The second-order valence-electron chi connectivity index (χ2n) is 3.97. The molecule has 0 aliphatic carbocycles. The Balaban J connectivity index is 2.28. The van der Waals surface area contributed by atoms with Crippen LogP contribution in [-0.4, -0.2) is 18.6 Å². The highest BCUT2D eigenvalue weighted by molar-refractivity contribution is 7.89. The summed E-state index contributed by atoms with van der Waals surface area (Å²) in [6, 6.07) is 10.7. The molecule has 0 aliphatic heterocycles. The van der Waals surface area contributed by atoms with Crippen LogP contribution in [0, 0.1) is 0 Å². The van der Waals surface area contributed by atoms with Gasteiger partial charge in [0.1, 0.15) is 10.6 Å². The molecule has 3 rings (SSSR count). The van der Waals surface area contributed by atoms with Gasteiger partial charge in [0.05, 0.1) is 11.6 Å². The summed E-state index contributed by atoms with van der Waals surface area (Å²) in [6.45, 7) is 0. The fourth-order valence-corrected chi connectivity index (χ4v) is 2.26. The van der Waals surface area contributed by atoms with Crippen molar-refractivity contribution in [3.8, 4) is 11.3 Å². The predicted octanol–water partition coefficient (Wildman–Crippen LogP) is 1.54. The van der Waals surface area contributed by atoms with Gasteiger partial charge in [-0.1, -0.05) is 35.5 Å². The van der Waals surface area contributed by atoms with E-state index >= 15 is 0 Å². The Labute approximate surface area is 108 Å². The van der Waals surface area contributed by atoms with Crippen LogP contribution in [0.3, 0.4) is 0 Å². The zero-order valence-electron chi connectivity index (χ0n) is 9.65. The van der Waals surface area contributed by atoms with Crippen molar-refractivity contribution in [3.63, 3.8) is 0 Å². The minimum atomic E-state index is -3.80. The van der Waals surface area contributed by atoms with E-state index in [4.69, 9.17) is 9.66 Å². The van der Waals surface area contributed by atoms with Crippen LogP contribution in [0.2, 0.25) is 0 Å². The van der Waals surface area contributed by atoms with Crippen LogP contribution < -0.4 is 5.14 Å². The predicted molar refractivity (Wildman–Crippen MR) is 68.6 cm³/mol. The highest BCUT2D eigenvalue weighted by Crippen LogP contribution is 2.27. The Kier molecular flexibility index (Phi) is 2.58. The van der Waals surface area contributed by atoms with Crippen molar-refractivity contribution < 1.29 is 12.9 Å². The average molecular weight is 275 g/mol. The largest absolute Gasteiger partial charge is 0.335 e. The van der Waals surface area contributed by atoms with Crippen LogP contribution in [0.25, 0.3) is 22.4 Å². The number of hydrogen-bond acceptors (Lipinski definition) is 5. The van der Waals surface area contributed by atoms with Crippen LogP contribution in [0.4, 0.5) is 0 Å². The molecule has 2 N–H and O–H groups in total. The van der Waals surface area contributed by atoms with E-state index in [9.17, 15) is 8.42 Å². The van der Waals surface area contributed by atoms with E-state index in [-0.39, 0.29) is 10.6 Å². The van der Waals surface area contributed by atoms with Crippen molar-refractivity contribution >= 4 is 21.1 Å². The first-order chi connectivity index (χ1) is 9.05. The summed E-state index contributed by atoms with van der Waals surface area (Å²) in [5, 5.41) is 9.51. The Morgan fingerprint density at radius 3 is 2.58 bits per heavy atom. The lowest BCUT2D eigenvalue weighted by molar-refractivity contribution is 0.451. The first-order valence-electron chi connectivity index (χ1n) is 5.39. The summed E-state index contributed by atoms with van der Waals surface area (Å²) in [7, 11) is -3.80. The van der Waals surface area contributed by atoms with Crippen molar-refractivity contribution in [2.75, 3.05) is 0 Å². The standard InChI is InChI=1S/C12H9N3O3S/c13-19(16,17)9-6-10-11(8-4-2-1-3-5-8)15-18-12(10)14-7-9/h1-7H,(H2,13,16,17). The van der Waals surface area contributed by atoms with Gasteiger partial charge in [-0.15, -0.1) is 0 Å². The molecule has 0 spiro atoms. The van der Waals surface area contributed by atoms with Gasteiger partial charge in [-0.25, -0.2) is 18.5 Å². The highest BCUT2D eigenvalue weighted by Gasteiger charge is 2.15. The molecule has 0 unspecified atom stereocenters. The van der Waals surface area contributed by atoms with Gasteiger partial charge in [-0.2, -0.15) is 0 Å². The number of nitrogens with zero attached hydrogens (tertiary/aromatic N) is 2. The second kappa shape index (κ2) is 4.15. The van der Waals surface area contributed by atoms with E-state index < -0.39 is 10.0 Å². The number of benzene rings is 1. The SMILES string of the molecule is NS(=O)(=O)c1cnc2onc(-c3ccccc3)c2c1. The van der Waals surface area contributed by atoms with E-state index in [1.165, 1.54) is 6.07 Å². The van der Waals surface area contributed by atoms with Crippen molar-refractivity contribution in [1.29, 1.82) is 0 Å². The van der Waals surface area contributed by atoms with Gasteiger partial charge >= 0.3 is 0 Å². The zero-order chi connectivity index (χ0) is 13.5. The van der Waals surface area contributed by atoms with Gasteiger partial charge in [0, 0.05) is 5.56 Å². The van der Waals surface area contributed by atoms with E-state index in [0.29, 0.717) is 11.1 Å². The van der Waals surface area contributed by atoms with Gasteiger partial charge in [0.15, 0.2) is 0 Å². The third-order valence-electron chi connectivity index (χ3n) is 2.68. The summed E-state index contributed by atoms with van der Waals surface area (Å²) < 4.78 is 27.7. The molecule has 0 amide bonds. The highest BCUT2D eigenvalue weighted by atomic mass is 32.2. The van der Waals surface area contributed by atoms with Gasteiger partial charge in [0.2, 0.25) is 10.0 Å².